The largest absolute Gasteiger partial charge is 0.265 e. The van der Waals surface area contributed by atoms with E-state index < -0.39 is 55.1 Å². The number of hydrogen-bond donors (Lipinski definition) is 0. The van der Waals surface area contributed by atoms with Crippen molar-refractivity contribution < 1.29 is 37.9 Å². The van der Waals surface area contributed by atoms with E-state index in [0.29, 0.717) is 18.8 Å². The molecule has 1 atom stereocenters. The molecule has 11 nitrogen and oxygen atoms in total. The van der Waals surface area contributed by atoms with Crippen LogP contribution in [-0.4, -0.2) is 66.9 Å². The topological polar surface area (TPSA) is 152 Å². The lowest BCUT2D eigenvalue weighted by atomic mass is 10.4. The summed E-state index contributed by atoms with van der Waals surface area (Å²) in [5.74, 6) is 0. The molecule has 0 spiro atoms. The van der Waals surface area contributed by atoms with Gasteiger partial charge in [0.05, 0.1) is 23.7 Å². The molecule has 0 aliphatic carbocycles. The fourth-order valence-electron chi connectivity index (χ4n) is 1.96. The molecule has 0 heterocycles. The van der Waals surface area contributed by atoms with Crippen LogP contribution in [0.1, 0.15) is 6.92 Å². The summed E-state index contributed by atoms with van der Waals surface area (Å²) in [6.07, 6.45) is -0.593. The van der Waals surface area contributed by atoms with Crippen molar-refractivity contribution in [2.45, 2.75) is 18.0 Å². The van der Waals surface area contributed by atoms with Crippen LogP contribution in [0.15, 0.2) is 29.2 Å². The lowest BCUT2D eigenvalue weighted by molar-refractivity contribution is 0.0516. The lowest BCUT2D eigenvalue weighted by Crippen LogP contribution is -2.56. The van der Waals surface area contributed by atoms with Crippen molar-refractivity contribution >= 4 is 51.8 Å². The van der Waals surface area contributed by atoms with Crippen molar-refractivity contribution in [3.8, 4) is 0 Å². The van der Waals surface area contributed by atoms with Crippen LogP contribution in [0.3, 0.4) is 0 Å². The van der Waals surface area contributed by atoms with Crippen molar-refractivity contribution in [1.82, 2.24) is 8.23 Å². The Bertz CT molecular complexity index is 1080. The molecule has 0 aromatic heterocycles. The van der Waals surface area contributed by atoms with Gasteiger partial charge >= 0.3 is 0 Å². The first-order valence-corrected chi connectivity index (χ1v) is 14.1. The maximum Gasteiger partial charge on any atom is 0.265 e. The summed E-state index contributed by atoms with van der Waals surface area (Å²) in [6, 6.07) is 4.31. The second-order valence-electron chi connectivity index (χ2n) is 5.34. The molecule has 156 valence electrons. The highest BCUT2D eigenvalue weighted by molar-refractivity contribution is 8.04. The maximum atomic E-state index is 12.9. The number of hydrogen-bond acceptors (Lipinski definition) is 9. The summed E-state index contributed by atoms with van der Waals surface area (Å²) in [5.41, 5.74) is 0. The van der Waals surface area contributed by atoms with Crippen LogP contribution in [0.5, 0.6) is 0 Å². The Morgan fingerprint density at radius 2 is 1.26 bits per heavy atom. The highest BCUT2D eigenvalue weighted by atomic mass is 35.5. The fourth-order valence-corrected chi connectivity index (χ4v) is 8.10. The van der Waals surface area contributed by atoms with Crippen molar-refractivity contribution in [2.24, 2.45) is 0 Å². The van der Waals surface area contributed by atoms with Crippen molar-refractivity contribution in [3.63, 3.8) is 0 Å². The van der Waals surface area contributed by atoms with Gasteiger partial charge in [-0.15, -0.1) is 0 Å². The standard InChI is InChI=1S/C11H17ClN2O9S4/c1-9(23-26(4,19)20)13(14(24(2,15)16)25(3,17)18)27(21,22)11-7-5-10(12)6-8-11/h5-9H,1-4H3. The van der Waals surface area contributed by atoms with Gasteiger partial charge in [-0.1, -0.05) is 16.0 Å². The molecule has 0 aliphatic heterocycles. The molecule has 27 heavy (non-hydrogen) atoms. The van der Waals surface area contributed by atoms with Crippen molar-refractivity contribution in [2.75, 3.05) is 18.8 Å². The number of halogens is 1. The second kappa shape index (κ2) is 7.90. The molecular formula is C11H17ClN2O9S4. The predicted molar refractivity (Wildman–Crippen MR) is 97.4 cm³/mol. The molecule has 0 bridgehead atoms. The van der Waals surface area contributed by atoms with E-state index in [4.69, 9.17) is 11.6 Å². The van der Waals surface area contributed by atoms with E-state index in [9.17, 15) is 33.7 Å². The van der Waals surface area contributed by atoms with Crippen LogP contribution >= 0.6 is 11.6 Å². The number of hydrazine groups is 1. The van der Waals surface area contributed by atoms with Gasteiger partial charge in [-0.25, -0.2) is 29.4 Å². The van der Waals surface area contributed by atoms with Gasteiger partial charge < -0.3 is 0 Å². The van der Waals surface area contributed by atoms with Crippen LogP contribution in [0.4, 0.5) is 0 Å². The molecule has 1 rings (SSSR count). The third kappa shape index (κ3) is 6.35. The van der Waals surface area contributed by atoms with E-state index in [1.807, 2.05) is 0 Å². The van der Waals surface area contributed by atoms with Crippen LogP contribution in [0.2, 0.25) is 5.02 Å². The number of benzene rings is 1. The highest BCUT2D eigenvalue weighted by Gasteiger charge is 2.45. The molecule has 0 fully saturated rings. The van der Waals surface area contributed by atoms with Gasteiger partial charge in [0.1, 0.15) is 0 Å². The van der Waals surface area contributed by atoms with Crippen LogP contribution < -0.4 is 0 Å². The highest BCUT2D eigenvalue weighted by Crippen LogP contribution is 2.26. The summed E-state index contributed by atoms with van der Waals surface area (Å²) in [6.45, 7) is 0.859. The Kier molecular flexibility index (Phi) is 7.09. The molecule has 0 radical (unpaired) electrons. The summed E-state index contributed by atoms with van der Waals surface area (Å²) >= 11 is 5.68. The SMILES string of the molecule is CC(OS(C)(=O)=O)N(N(S(C)(=O)=O)S(C)(=O)=O)S(=O)(=O)c1ccc(Cl)cc1. The van der Waals surface area contributed by atoms with E-state index in [0.717, 1.165) is 19.1 Å². The molecule has 1 unspecified atom stereocenters. The van der Waals surface area contributed by atoms with E-state index in [2.05, 4.69) is 4.18 Å². The zero-order chi connectivity index (χ0) is 21.4. The lowest BCUT2D eigenvalue weighted by Gasteiger charge is -2.33. The van der Waals surface area contributed by atoms with Crippen molar-refractivity contribution in [3.05, 3.63) is 29.3 Å². The van der Waals surface area contributed by atoms with E-state index >= 15 is 0 Å². The van der Waals surface area contributed by atoms with Crippen LogP contribution in [0, 0.1) is 0 Å². The van der Waals surface area contributed by atoms with Gasteiger partial charge in [0.25, 0.3) is 20.1 Å². The Morgan fingerprint density at radius 3 is 1.59 bits per heavy atom. The summed E-state index contributed by atoms with van der Waals surface area (Å²) in [5, 5.41) is 0.156. The van der Waals surface area contributed by atoms with E-state index in [-0.39, 0.29) is 9.44 Å². The Labute approximate surface area is 163 Å². The molecule has 0 N–H and O–H groups in total. The predicted octanol–water partition coefficient (Wildman–Crippen LogP) is -0.211. The molecule has 0 amide bonds. The van der Waals surface area contributed by atoms with Crippen LogP contribution in [-0.2, 0) is 44.4 Å². The summed E-state index contributed by atoms with van der Waals surface area (Å²) in [4.78, 5) is -0.548. The fraction of sp³-hybridized carbons (Fsp3) is 0.455. The van der Waals surface area contributed by atoms with Gasteiger partial charge in [0.15, 0.2) is 6.23 Å². The van der Waals surface area contributed by atoms with Crippen molar-refractivity contribution in [1.29, 1.82) is 0 Å². The summed E-state index contributed by atoms with van der Waals surface area (Å²) < 4.78 is 101. The van der Waals surface area contributed by atoms with Gasteiger partial charge in [0, 0.05) is 5.02 Å². The molecule has 0 aliphatic rings. The molecular weight excluding hydrogens is 468 g/mol. The zero-order valence-electron chi connectivity index (χ0n) is 14.5. The third-order valence-corrected chi connectivity index (χ3v) is 8.73. The Balaban J connectivity index is 3.80. The zero-order valence-corrected chi connectivity index (χ0v) is 18.5. The average Bonchev–Trinajstić information content (AvgIpc) is 2.40. The molecule has 16 heteroatoms. The average molecular weight is 485 g/mol. The third-order valence-electron chi connectivity index (χ3n) is 2.71. The first-order chi connectivity index (χ1) is 11.9. The maximum absolute atomic E-state index is 12.9. The Hall–Kier alpha value is -0.810. The Morgan fingerprint density at radius 1 is 0.852 bits per heavy atom. The number of sulfonamides is 3. The van der Waals surface area contributed by atoms with Gasteiger partial charge in [-0.3, -0.25) is 0 Å². The monoisotopic (exact) mass is 484 g/mol. The van der Waals surface area contributed by atoms with Gasteiger partial charge in [0.2, 0.25) is 20.0 Å². The molecule has 0 saturated carbocycles. The second-order valence-corrected chi connectivity index (χ2v) is 13.0. The van der Waals surface area contributed by atoms with E-state index in [1.54, 1.807) is 0 Å². The molecule has 0 saturated heterocycles. The normalized spacial score (nSPS) is 15.2. The minimum absolute atomic E-state index is 0.156. The molecule has 1 aromatic carbocycles. The smallest absolute Gasteiger partial charge is 0.249 e. The molecule has 1 aromatic rings. The summed E-state index contributed by atoms with van der Waals surface area (Å²) in [7, 11) is -18.6. The van der Waals surface area contributed by atoms with Gasteiger partial charge in [-0.05, 0) is 35.0 Å². The minimum atomic E-state index is -4.90. The first-order valence-electron chi connectivity index (χ1n) is 6.76. The van der Waals surface area contributed by atoms with E-state index in [1.165, 1.54) is 12.1 Å². The quantitative estimate of drug-likeness (QED) is 0.277. The van der Waals surface area contributed by atoms with Gasteiger partial charge in [-0.2, -0.15) is 8.42 Å². The number of nitrogens with zero attached hydrogens (tertiary/aromatic N) is 2. The number of rotatable bonds is 8. The first kappa shape index (κ1) is 24.2. The minimum Gasteiger partial charge on any atom is -0.249 e. The van der Waals surface area contributed by atoms with Crippen LogP contribution in [0.25, 0.3) is 0 Å².